The molecule has 1 aromatic heterocycles. The molecule has 8 heteroatoms. The minimum Gasteiger partial charge on any atom is -0.497 e. The van der Waals surface area contributed by atoms with Crippen LogP contribution in [0.15, 0.2) is 52.1 Å². The second-order valence-corrected chi connectivity index (χ2v) is 6.77. The molecule has 0 N–H and O–H groups in total. The van der Waals surface area contributed by atoms with E-state index in [1.807, 2.05) is 31.2 Å². The number of carbonyl (C=O) groups excluding carboxylic acids is 1. The van der Waals surface area contributed by atoms with E-state index in [0.717, 1.165) is 23.1 Å². The molecule has 2 aromatic carbocycles. The van der Waals surface area contributed by atoms with Gasteiger partial charge in [-0.1, -0.05) is 29.5 Å². The third-order valence-corrected chi connectivity index (χ3v) is 4.68. The van der Waals surface area contributed by atoms with E-state index in [9.17, 15) is 4.79 Å². The Balaban J connectivity index is 1.56. The van der Waals surface area contributed by atoms with Crippen LogP contribution >= 0.6 is 11.8 Å². The summed E-state index contributed by atoms with van der Waals surface area (Å²) < 4.78 is 21.6. The van der Waals surface area contributed by atoms with Crippen LogP contribution in [0, 0.1) is 6.92 Å². The van der Waals surface area contributed by atoms with Crippen molar-refractivity contribution in [2.75, 3.05) is 20.0 Å². The van der Waals surface area contributed by atoms with Crippen molar-refractivity contribution in [3.63, 3.8) is 0 Å². The Morgan fingerprint density at radius 2 is 1.79 bits per heavy atom. The van der Waals surface area contributed by atoms with Gasteiger partial charge in [0.15, 0.2) is 12.4 Å². The van der Waals surface area contributed by atoms with Gasteiger partial charge in [0.25, 0.3) is 11.1 Å². The van der Waals surface area contributed by atoms with Crippen molar-refractivity contribution >= 4 is 17.5 Å². The fourth-order valence-corrected chi connectivity index (χ4v) is 3.04. The summed E-state index contributed by atoms with van der Waals surface area (Å²) in [4.78, 5) is 12.5. The van der Waals surface area contributed by atoms with Crippen molar-refractivity contribution in [2.45, 2.75) is 18.8 Å². The highest BCUT2D eigenvalue weighted by atomic mass is 32.2. The predicted octanol–water partition coefficient (Wildman–Crippen LogP) is 3.95. The highest BCUT2D eigenvalue weighted by Crippen LogP contribution is 2.27. The number of aryl methyl sites for hydroxylation is 1. The van der Waals surface area contributed by atoms with E-state index in [1.165, 1.54) is 7.11 Å². The SMILES string of the molecule is COc1ccc(OC)c(C(=O)CSc2nnc(COc3ccc(C)cc3)o2)c1. The smallest absolute Gasteiger partial charge is 0.277 e. The molecule has 0 saturated carbocycles. The van der Waals surface area contributed by atoms with Crippen LogP contribution in [0.1, 0.15) is 21.8 Å². The summed E-state index contributed by atoms with van der Waals surface area (Å²) >= 11 is 1.16. The van der Waals surface area contributed by atoms with Crippen LogP contribution < -0.4 is 14.2 Å². The number of methoxy groups -OCH3 is 2. The van der Waals surface area contributed by atoms with E-state index in [-0.39, 0.29) is 18.1 Å². The van der Waals surface area contributed by atoms with Crippen molar-refractivity contribution in [1.29, 1.82) is 0 Å². The summed E-state index contributed by atoms with van der Waals surface area (Å²) in [6, 6.07) is 12.8. The third-order valence-electron chi connectivity index (χ3n) is 3.87. The molecule has 7 nitrogen and oxygen atoms in total. The number of hydrogen-bond donors (Lipinski definition) is 0. The molecule has 1 heterocycles. The Kier molecular flexibility index (Phi) is 6.54. The van der Waals surface area contributed by atoms with Crippen LogP contribution in [0.4, 0.5) is 0 Å². The summed E-state index contributed by atoms with van der Waals surface area (Å²) in [7, 11) is 3.06. The summed E-state index contributed by atoms with van der Waals surface area (Å²) in [6.45, 7) is 2.17. The Labute approximate surface area is 167 Å². The molecule has 0 aliphatic carbocycles. The van der Waals surface area contributed by atoms with Crippen molar-refractivity contribution < 1.29 is 23.4 Å². The number of nitrogens with zero attached hydrogens (tertiary/aromatic N) is 2. The standard InChI is InChI=1S/C20H20N2O5S/c1-13-4-6-14(7-5-13)26-11-19-21-22-20(27-19)28-12-17(23)16-10-15(24-2)8-9-18(16)25-3/h4-10H,11-12H2,1-3H3. The van der Waals surface area contributed by atoms with E-state index >= 15 is 0 Å². The number of benzene rings is 2. The number of thioether (sulfide) groups is 1. The lowest BCUT2D eigenvalue weighted by Gasteiger charge is -2.08. The summed E-state index contributed by atoms with van der Waals surface area (Å²) in [5.74, 6) is 2.14. The second-order valence-electron chi connectivity index (χ2n) is 5.84. The Morgan fingerprint density at radius 1 is 1.04 bits per heavy atom. The molecule has 0 aliphatic rings. The highest BCUT2D eigenvalue weighted by Gasteiger charge is 2.16. The van der Waals surface area contributed by atoms with Crippen LogP contribution in [0.3, 0.4) is 0 Å². The van der Waals surface area contributed by atoms with E-state index in [2.05, 4.69) is 10.2 Å². The lowest BCUT2D eigenvalue weighted by atomic mass is 10.1. The zero-order valence-electron chi connectivity index (χ0n) is 15.8. The van der Waals surface area contributed by atoms with Gasteiger partial charge in [0.2, 0.25) is 0 Å². The molecule has 0 fully saturated rings. The lowest BCUT2D eigenvalue weighted by Crippen LogP contribution is -2.05. The molecule has 3 rings (SSSR count). The lowest BCUT2D eigenvalue weighted by molar-refractivity contribution is 0.101. The zero-order valence-corrected chi connectivity index (χ0v) is 16.6. The van der Waals surface area contributed by atoms with Gasteiger partial charge in [-0.15, -0.1) is 10.2 Å². The number of Topliss-reactive ketones (excluding diaryl/α,β-unsaturated/α-hetero) is 1. The molecule has 0 unspecified atom stereocenters. The first-order valence-electron chi connectivity index (χ1n) is 8.49. The molecule has 28 heavy (non-hydrogen) atoms. The number of carbonyl (C=O) groups is 1. The van der Waals surface area contributed by atoms with Gasteiger partial charge in [0.05, 0.1) is 25.5 Å². The predicted molar refractivity (Wildman–Crippen MR) is 104 cm³/mol. The minimum absolute atomic E-state index is 0.128. The number of rotatable bonds is 9. The molecule has 0 aliphatic heterocycles. The van der Waals surface area contributed by atoms with Gasteiger partial charge in [-0.3, -0.25) is 4.79 Å². The van der Waals surface area contributed by atoms with Crippen LogP contribution in [-0.4, -0.2) is 36.0 Å². The molecule has 0 atom stereocenters. The number of ether oxygens (including phenoxy) is 3. The van der Waals surface area contributed by atoms with Gasteiger partial charge in [-0.2, -0.15) is 0 Å². The Morgan fingerprint density at radius 3 is 2.50 bits per heavy atom. The van der Waals surface area contributed by atoms with Crippen LogP contribution in [0.2, 0.25) is 0 Å². The number of aromatic nitrogens is 2. The first-order chi connectivity index (χ1) is 13.6. The van der Waals surface area contributed by atoms with Crippen LogP contribution in [0.25, 0.3) is 0 Å². The van der Waals surface area contributed by atoms with Gasteiger partial charge < -0.3 is 18.6 Å². The maximum absolute atomic E-state index is 12.5. The molecular weight excluding hydrogens is 380 g/mol. The highest BCUT2D eigenvalue weighted by molar-refractivity contribution is 7.99. The maximum atomic E-state index is 12.5. The maximum Gasteiger partial charge on any atom is 0.277 e. The van der Waals surface area contributed by atoms with Gasteiger partial charge >= 0.3 is 0 Å². The van der Waals surface area contributed by atoms with Crippen molar-refractivity contribution in [1.82, 2.24) is 10.2 Å². The molecular formula is C20H20N2O5S. The second kappa shape index (κ2) is 9.27. The quantitative estimate of drug-likeness (QED) is 0.394. The van der Waals surface area contributed by atoms with Crippen molar-refractivity contribution in [2.24, 2.45) is 0 Å². The largest absolute Gasteiger partial charge is 0.497 e. The van der Waals surface area contributed by atoms with Crippen LogP contribution in [0.5, 0.6) is 17.2 Å². The zero-order chi connectivity index (χ0) is 19.9. The Hall–Kier alpha value is -3.00. The van der Waals surface area contributed by atoms with E-state index < -0.39 is 0 Å². The average Bonchev–Trinajstić information content (AvgIpc) is 3.19. The topological polar surface area (TPSA) is 83.7 Å². The molecule has 0 saturated heterocycles. The molecule has 0 spiro atoms. The molecule has 0 amide bonds. The summed E-state index contributed by atoms with van der Waals surface area (Å²) in [6.07, 6.45) is 0. The first-order valence-corrected chi connectivity index (χ1v) is 9.47. The van der Waals surface area contributed by atoms with Crippen molar-refractivity contribution in [3.8, 4) is 17.2 Å². The summed E-state index contributed by atoms with van der Waals surface area (Å²) in [5.41, 5.74) is 1.60. The van der Waals surface area contributed by atoms with Crippen LogP contribution in [-0.2, 0) is 6.61 Å². The fraction of sp³-hybridized carbons (Fsp3) is 0.250. The molecule has 146 valence electrons. The van der Waals surface area contributed by atoms with Gasteiger partial charge in [0.1, 0.15) is 17.2 Å². The molecule has 0 radical (unpaired) electrons. The Bertz CT molecular complexity index is 940. The van der Waals surface area contributed by atoms with Gasteiger partial charge in [-0.25, -0.2) is 0 Å². The minimum atomic E-state index is -0.128. The van der Waals surface area contributed by atoms with E-state index in [0.29, 0.717) is 28.2 Å². The van der Waals surface area contributed by atoms with E-state index in [1.54, 1.807) is 25.3 Å². The molecule has 0 bridgehead atoms. The average molecular weight is 400 g/mol. The van der Waals surface area contributed by atoms with Gasteiger partial charge in [-0.05, 0) is 37.3 Å². The normalized spacial score (nSPS) is 10.5. The summed E-state index contributed by atoms with van der Waals surface area (Å²) in [5, 5.41) is 8.19. The van der Waals surface area contributed by atoms with Crippen molar-refractivity contribution in [3.05, 3.63) is 59.5 Å². The van der Waals surface area contributed by atoms with Gasteiger partial charge in [0, 0.05) is 0 Å². The first kappa shape index (κ1) is 19.8. The monoisotopic (exact) mass is 400 g/mol. The fourth-order valence-electron chi connectivity index (χ4n) is 2.37. The number of ketones is 1. The van der Waals surface area contributed by atoms with E-state index in [4.69, 9.17) is 18.6 Å². The number of hydrogen-bond acceptors (Lipinski definition) is 8. The third kappa shape index (κ3) is 5.04. The molecule has 3 aromatic rings.